The van der Waals surface area contributed by atoms with Crippen molar-refractivity contribution in [1.29, 1.82) is 0 Å². The molecule has 3 nitrogen and oxygen atoms in total. The van der Waals surface area contributed by atoms with E-state index in [1.165, 1.54) is 0 Å². The van der Waals surface area contributed by atoms with Crippen LogP contribution < -0.4 is 5.73 Å². The van der Waals surface area contributed by atoms with Gasteiger partial charge in [-0.2, -0.15) is 0 Å². The van der Waals surface area contributed by atoms with Crippen LogP contribution >= 0.6 is 0 Å². The van der Waals surface area contributed by atoms with Gasteiger partial charge in [-0.05, 0) is 31.2 Å². The first-order chi connectivity index (χ1) is 9.61. The minimum atomic E-state index is -0.267. The minimum Gasteiger partial charge on any atom is -0.378 e. The molecule has 2 aliphatic heterocycles. The van der Waals surface area contributed by atoms with Crippen LogP contribution in [0.2, 0.25) is 0 Å². The van der Waals surface area contributed by atoms with E-state index in [2.05, 4.69) is 0 Å². The molecule has 2 saturated heterocycles. The van der Waals surface area contributed by atoms with Gasteiger partial charge in [0.25, 0.3) is 0 Å². The fourth-order valence-corrected chi connectivity index (χ4v) is 3.42. The highest BCUT2D eigenvalue weighted by Gasteiger charge is 2.42. The Morgan fingerprint density at radius 2 is 2.25 bits per heavy atom. The van der Waals surface area contributed by atoms with Gasteiger partial charge in [0.15, 0.2) is 0 Å². The third-order valence-corrected chi connectivity index (χ3v) is 4.69. The van der Waals surface area contributed by atoms with E-state index in [9.17, 15) is 4.39 Å². The monoisotopic (exact) mass is 279 g/mol. The van der Waals surface area contributed by atoms with E-state index in [0.29, 0.717) is 24.3 Å². The number of aryl methyl sites for hydroxylation is 1. The van der Waals surface area contributed by atoms with Crippen LogP contribution in [0.1, 0.15) is 36.4 Å². The molecular weight excluding hydrogens is 257 g/mol. The maximum absolute atomic E-state index is 14.2. The van der Waals surface area contributed by atoms with Crippen molar-refractivity contribution < 1.29 is 13.9 Å². The van der Waals surface area contributed by atoms with Crippen molar-refractivity contribution in [3.05, 3.63) is 35.1 Å². The first kappa shape index (κ1) is 14.0. The van der Waals surface area contributed by atoms with Crippen LogP contribution in [0.3, 0.4) is 0 Å². The van der Waals surface area contributed by atoms with Gasteiger partial charge in [0.1, 0.15) is 5.82 Å². The highest BCUT2D eigenvalue weighted by atomic mass is 19.1. The highest BCUT2D eigenvalue weighted by Crippen LogP contribution is 2.40. The number of benzene rings is 1. The summed E-state index contributed by atoms with van der Waals surface area (Å²) in [5, 5.41) is 0. The Balaban J connectivity index is 1.79. The van der Waals surface area contributed by atoms with Crippen molar-refractivity contribution in [1.82, 2.24) is 0 Å². The van der Waals surface area contributed by atoms with Crippen molar-refractivity contribution in [3.8, 4) is 0 Å². The summed E-state index contributed by atoms with van der Waals surface area (Å²) in [7, 11) is 0. The summed E-state index contributed by atoms with van der Waals surface area (Å²) >= 11 is 0. The SMILES string of the molecule is Cc1cccc(C(N)C2CCOC3(CCOC3)C2)c1F. The molecule has 3 unspecified atom stereocenters. The molecule has 4 heteroatoms. The van der Waals surface area contributed by atoms with E-state index >= 15 is 0 Å². The van der Waals surface area contributed by atoms with Gasteiger partial charge in [-0.25, -0.2) is 4.39 Å². The molecule has 0 saturated carbocycles. The molecule has 20 heavy (non-hydrogen) atoms. The number of nitrogens with two attached hydrogens (primary N) is 1. The molecule has 0 radical (unpaired) electrons. The van der Waals surface area contributed by atoms with E-state index in [-0.39, 0.29) is 23.4 Å². The van der Waals surface area contributed by atoms with E-state index in [0.717, 1.165) is 25.9 Å². The van der Waals surface area contributed by atoms with Gasteiger partial charge in [-0.3, -0.25) is 0 Å². The second-order valence-corrected chi connectivity index (χ2v) is 6.09. The van der Waals surface area contributed by atoms with Crippen LogP contribution in [0.15, 0.2) is 18.2 Å². The molecular formula is C16H22FNO2. The maximum atomic E-state index is 14.2. The third-order valence-electron chi connectivity index (χ3n) is 4.69. The van der Waals surface area contributed by atoms with Crippen molar-refractivity contribution in [2.45, 2.75) is 37.8 Å². The summed E-state index contributed by atoms with van der Waals surface area (Å²) in [4.78, 5) is 0. The lowest BCUT2D eigenvalue weighted by atomic mass is 9.79. The Hall–Kier alpha value is -0.970. The molecule has 0 aromatic heterocycles. The van der Waals surface area contributed by atoms with E-state index in [4.69, 9.17) is 15.2 Å². The second kappa shape index (κ2) is 5.43. The normalized spacial score (nSPS) is 31.6. The van der Waals surface area contributed by atoms with E-state index < -0.39 is 0 Å². The average Bonchev–Trinajstić information content (AvgIpc) is 2.89. The molecule has 2 aliphatic rings. The first-order valence-corrected chi connectivity index (χ1v) is 7.34. The Morgan fingerprint density at radius 1 is 1.40 bits per heavy atom. The highest BCUT2D eigenvalue weighted by molar-refractivity contribution is 5.28. The molecule has 2 fully saturated rings. The molecule has 1 aromatic carbocycles. The summed E-state index contributed by atoms with van der Waals surface area (Å²) in [6.07, 6.45) is 2.67. The zero-order valence-electron chi connectivity index (χ0n) is 11.9. The summed E-state index contributed by atoms with van der Waals surface area (Å²) in [5.74, 6) is 0.0879. The van der Waals surface area contributed by atoms with Gasteiger partial charge in [-0.15, -0.1) is 0 Å². The molecule has 2 heterocycles. The molecule has 1 spiro atoms. The topological polar surface area (TPSA) is 44.5 Å². The second-order valence-electron chi connectivity index (χ2n) is 6.09. The average molecular weight is 279 g/mol. The van der Waals surface area contributed by atoms with Crippen LogP contribution in [0.25, 0.3) is 0 Å². The summed E-state index contributed by atoms with van der Waals surface area (Å²) < 4.78 is 25.6. The summed E-state index contributed by atoms with van der Waals surface area (Å²) in [6.45, 7) is 3.87. The number of hydrogen-bond donors (Lipinski definition) is 1. The number of ether oxygens (including phenoxy) is 2. The van der Waals surface area contributed by atoms with Crippen LogP contribution in [0.5, 0.6) is 0 Å². The Labute approximate surface area is 119 Å². The van der Waals surface area contributed by atoms with Gasteiger partial charge in [-0.1, -0.05) is 18.2 Å². The molecule has 1 aromatic rings. The standard InChI is InChI=1S/C16H22FNO2/c1-11-3-2-4-13(14(11)17)15(18)12-5-7-20-16(9-12)6-8-19-10-16/h2-4,12,15H,5-10,18H2,1H3. The first-order valence-electron chi connectivity index (χ1n) is 7.34. The lowest BCUT2D eigenvalue weighted by Gasteiger charge is -2.39. The molecule has 0 amide bonds. The third kappa shape index (κ3) is 2.48. The Kier molecular flexibility index (Phi) is 3.80. The van der Waals surface area contributed by atoms with Crippen LogP contribution in [0, 0.1) is 18.7 Å². The fourth-order valence-electron chi connectivity index (χ4n) is 3.42. The number of rotatable bonds is 2. The molecule has 110 valence electrons. The van der Waals surface area contributed by atoms with E-state index in [1.54, 1.807) is 19.1 Å². The molecule has 3 rings (SSSR count). The lowest BCUT2D eigenvalue weighted by Crippen LogP contribution is -2.43. The van der Waals surface area contributed by atoms with Gasteiger partial charge in [0.2, 0.25) is 0 Å². The molecule has 0 aliphatic carbocycles. The number of halogens is 1. The van der Waals surface area contributed by atoms with Gasteiger partial charge >= 0.3 is 0 Å². The molecule has 0 bridgehead atoms. The minimum absolute atomic E-state index is 0.164. The zero-order valence-corrected chi connectivity index (χ0v) is 11.9. The van der Waals surface area contributed by atoms with Gasteiger partial charge < -0.3 is 15.2 Å². The Morgan fingerprint density at radius 3 is 3.00 bits per heavy atom. The van der Waals surface area contributed by atoms with Crippen LogP contribution in [0.4, 0.5) is 4.39 Å². The van der Waals surface area contributed by atoms with Gasteiger partial charge in [0, 0.05) is 31.2 Å². The van der Waals surface area contributed by atoms with Gasteiger partial charge in [0.05, 0.1) is 12.2 Å². The van der Waals surface area contributed by atoms with Crippen molar-refractivity contribution >= 4 is 0 Å². The summed E-state index contributed by atoms with van der Waals surface area (Å²) in [6, 6.07) is 5.19. The predicted octanol–water partition coefficient (Wildman–Crippen LogP) is 2.72. The zero-order chi connectivity index (χ0) is 14.2. The lowest BCUT2D eigenvalue weighted by molar-refractivity contribution is -0.101. The quantitative estimate of drug-likeness (QED) is 0.905. The summed E-state index contributed by atoms with van der Waals surface area (Å²) in [5.41, 5.74) is 7.46. The van der Waals surface area contributed by atoms with Crippen LogP contribution in [-0.4, -0.2) is 25.4 Å². The van der Waals surface area contributed by atoms with Crippen molar-refractivity contribution in [2.75, 3.05) is 19.8 Å². The largest absolute Gasteiger partial charge is 0.378 e. The predicted molar refractivity (Wildman–Crippen MR) is 74.9 cm³/mol. The van der Waals surface area contributed by atoms with Crippen LogP contribution in [-0.2, 0) is 9.47 Å². The smallest absolute Gasteiger partial charge is 0.130 e. The molecule has 2 N–H and O–H groups in total. The Bertz CT molecular complexity index is 485. The van der Waals surface area contributed by atoms with E-state index in [1.807, 2.05) is 6.07 Å². The number of hydrogen-bond acceptors (Lipinski definition) is 3. The maximum Gasteiger partial charge on any atom is 0.130 e. The fraction of sp³-hybridized carbons (Fsp3) is 0.625. The van der Waals surface area contributed by atoms with Crippen molar-refractivity contribution in [3.63, 3.8) is 0 Å². The molecule has 3 atom stereocenters. The van der Waals surface area contributed by atoms with Crippen molar-refractivity contribution in [2.24, 2.45) is 11.7 Å².